The average Bonchev–Trinajstić information content (AvgIpc) is 3.17. The lowest BCUT2D eigenvalue weighted by Crippen LogP contribution is -2.53. The predicted octanol–water partition coefficient (Wildman–Crippen LogP) is 2.90. The molecule has 2 aromatic rings. The summed E-state index contributed by atoms with van der Waals surface area (Å²) in [6, 6.07) is 11.7. The molecule has 1 N–H and O–H groups in total. The van der Waals surface area contributed by atoms with Gasteiger partial charge in [-0.25, -0.2) is 0 Å². The second kappa shape index (κ2) is 9.72. The second-order valence-electron chi connectivity index (χ2n) is 8.21. The third kappa shape index (κ3) is 5.05. The van der Waals surface area contributed by atoms with Gasteiger partial charge in [-0.15, -0.1) is 0 Å². The fraction of sp³-hybridized carbons (Fsp3) is 0.409. The molecule has 2 unspecified atom stereocenters. The molecule has 2 heterocycles. The quantitative estimate of drug-likeness (QED) is 0.524. The Morgan fingerprint density at radius 3 is 2.41 bits per heavy atom. The molecule has 2 atom stereocenters. The highest BCUT2D eigenvalue weighted by Crippen LogP contribution is 2.27. The number of hydrogen-bond acceptors (Lipinski definition) is 6. The van der Waals surface area contributed by atoms with Crippen LogP contribution in [0.3, 0.4) is 0 Å². The molecule has 1 amide bonds. The van der Waals surface area contributed by atoms with Crippen LogP contribution in [0.15, 0.2) is 42.5 Å². The topological polar surface area (TPSA) is 90.2 Å². The summed E-state index contributed by atoms with van der Waals surface area (Å²) < 4.78 is 0. The lowest BCUT2D eigenvalue weighted by atomic mass is 10.1. The Morgan fingerprint density at radius 1 is 1.06 bits per heavy atom. The van der Waals surface area contributed by atoms with Crippen LogP contribution in [0.25, 0.3) is 0 Å². The number of rotatable bonds is 5. The summed E-state index contributed by atoms with van der Waals surface area (Å²) in [5.41, 5.74) is 1.10. The van der Waals surface area contributed by atoms with Crippen molar-refractivity contribution < 1.29 is 14.8 Å². The number of nitro benzene ring substituents is 1. The van der Waals surface area contributed by atoms with E-state index >= 15 is 0 Å². The number of nitro groups is 1. The van der Waals surface area contributed by atoms with Crippen LogP contribution >= 0.6 is 23.2 Å². The molecule has 2 aromatic carbocycles. The fourth-order valence-corrected chi connectivity index (χ4v) is 4.68. The van der Waals surface area contributed by atoms with Crippen LogP contribution in [0.4, 0.5) is 5.69 Å². The van der Waals surface area contributed by atoms with E-state index in [1.54, 1.807) is 4.90 Å². The molecule has 2 aliphatic heterocycles. The number of hydrogen-bond donors (Lipinski definition) is 1. The maximum atomic E-state index is 12.9. The minimum absolute atomic E-state index is 0.0117. The number of piperazine rings is 1. The Kier molecular flexibility index (Phi) is 6.97. The van der Waals surface area contributed by atoms with E-state index in [4.69, 9.17) is 23.2 Å². The van der Waals surface area contributed by atoms with Gasteiger partial charge in [-0.2, -0.15) is 0 Å². The fourth-order valence-electron chi connectivity index (χ4n) is 4.36. The highest BCUT2D eigenvalue weighted by atomic mass is 35.5. The van der Waals surface area contributed by atoms with Crippen LogP contribution in [0.5, 0.6) is 0 Å². The minimum atomic E-state index is -0.663. The van der Waals surface area contributed by atoms with Crippen molar-refractivity contribution in [2.75, 3.05) is 39.3 Å². The number of carbonyl (C=O) groups is 1. The standard InChI is InChI=1S/C22H24Cl2N4O4/c23-17-4-1-15(2-5-17)12-25-7-9-26(10-8-25)20-13-27(14-21(20)29)22(30)16-3-6-18(24)19(11-16)28(31)32/h1-6,11,20-21,29H,7-10,12-14H2. The van der Waals surface area contributed by atoms with Crippen LogP contribution in [0, 0.1) is 10.1 Å². The molecule has 0 spiro atoms. The normalized spacial score (nSPS) is 22.3. The summed E-state index contributed by atoms with van der Waals surface area (Å²) in [5.74, 6) is -0.340. The van der Waals surface area contributed by atoms with Crippen molar-refractivity contribution in [3.8, 4) is 0 Å². The van der Waals surface area contributed by atoms with Crippen molar-refractivity contribution in [2.24, 2.45) is 0 Å². The first-order chi connectivity index (χ1) is 15.3. The molecule has 170 valence electrons. The van der Waals surface area contributed by atoms with Crippen molar-refractivity contribution >= 4 is 34.8 Å². The first-order valence-corrected chi connectivity index (χ1v) is 11.2. The first-order valence-electron chi connectivity index (χ1n) is 10.4. The molecular formula is C22H24Cl2N4O4. The number of nitrogens with zero attached hydrogens (tertiary/aromatic N) is 4. The minimum Gasteiger partial charge on any atom is -0.390 e. The van der Waals surface area contributed by atoms with Gasteiger partial charge in [-0.3, -0.25) is 24.7 Å². The molecule has 0 radical (unpaired) electrons. The Morgan fingerprint density at radius 2 is 1.75 bits per heavy atom. The molecule has 0 saturated carbocycles. The molecule has 0 bridgehead atoms. The van der Waals surface area contributed by atoms with Gasteiger partial charge in [0.1, 0.15) is 5.02 Å². The third-order valence-electron chi connectivity index (χ3n) is 6.13. The highest BCUT2D eigenvalue weighted by molar-refractivity contribution is 6.32. The molecule has 0 aromatic heterocycles. The van der Waals surface area contributed by atoms with Crippen LogP contribution in [-0.2, 0) is 6.54 Å². The molecule has 0 aliphatic carbocycles. The van der Waals surface area contributed by atoms with Crippen molar-refractivity contribution in [3.63, 3.8) is 0 Å². The Labute approximate surface area is 196 Å². The van der Waals surface area contributed by atoms with Crippen molar-refractivity contribution in [3.05, 3.63) is 73.8 Å². The number of aliphatic hydroxyl groups excluding tert-OH is 1. The summed E-state index contributed by atoms with van der Waals surface area (Å²) in [5, 5.41) is 22.5. The summed E-state index contributed by atoms with van der Waals surface area (Å²) in [4.78, 5) is 29.6. The van der Waals surface area contributed by atoms with E-state index in [1.165, 1.54) is 23.8 Å². The number of halogens is 2. The monoisotopic (exact) mass is 478 g/mol. The maximum absolute atomic E-state index is 12.9. The predicted molar refractivity (Wildman–Crippen MR) is 122 cm³/mol. The van der Waals surface area contributed by atoms with Crippen LogP contribution in [0.1, 0.15) is 15.9 Å². The van der Waals surface area contributed by atoms with Crippen LogP contribution in [-0.4, -0.2) is 82.1 Å². The molecular weight excluding hydrogens is 455 g/mol. The number of likely N-dealkylation sites (tertiary alicyclic amines) is 1. The molecule has 2 saturated heterocycles. The van der Waals surface area contributed by atoms with Gasteiger partial charge in [0.2, 0.25) is 0 Å². The Hall–Kier alpha value is -2.23. The van der Waals surface area contributed by atoms with Gasteiger partial charge < -0.3 is 10.0 Å². The molecule has 32 heavy (non-hydrogen) atoms. The zero-order valence-corrected chi connectivity index (χ0v) is 18.9. The third-order valence-corrected chi connectivity index (χ3v) is 6.70. The van der Waals surface area contributed by atoms with E-state index in [2.05, 4.69) is 9.80 Å². The van der Waals surface area contributed by atoms with Crippen molar-refractivity contribution in [2.45, 2.75) is 18.7 Å². The zero-order chi connectivity index (χ0) is 22.8. The number of carbonyl (C=O) groups excluding carboxylic acids is 1. The van der Waals surface area contributed by atoms with Crippen molar-refractivity contribution in [1.82, 2.24) is 14.7 Å². The SMILES string of the molecule is O=C(c1ccc(Cl)c([N+](=O)[O-])c1)N1CC(O)C(N2CCN(Cc3ccc(Cl)cc3)CC2)C1. The van der Waals surface area contributed by atoms with Gasteiger partial charge in [-0.05, 0) is 29.8 Å². The number of amides is 1. The summed E-state index contributed by atoms with van der Waals surface area (Å²) in [6.07, 6.45) is -0.663. The molecule has 2 aliphatic rings. The summed E-state index contributed by atoms with van der Waals surface area (Å²) in [6.45, 7) is 4.75. The van der Waals surface area contributed by atoms with Gasteiger partial charge in [0.05, 0.1) is 17.1 Å². The van der Waals surface area contributed by atoms with E-state index in [1.807, 2.05) is 24.3 Å². The lowest BCUT2D eigenvalue weighted by molar-refractivity contribution is -0.384. The molecule has 4 rings (SSSR count). The van der Waals surface area contributed by atoms with E-state index in [0.29, 0.717) is 6.54 Å². The smallest absolute Gasteiger partial charge is 0.288 e. The maximum Gasteiger partial charge on any atom is 0.288 e. The van der Waals surface area contributed by atoms with Crippen LogP contribution in [0.2, 0.25) is 10.0 Å². The average molecular weight is 479 g/mol. The Bertz CT molecular complexity index is 996. The summed E-state index contributed by atoms with van der Waals surface area (Å²) >= 11 is 11.8. The first kappa shape index (κ1) is 22.9. The van der Waals surface area contributed by atoms with E-state index in [-0.39, 0.29) is 34.8 Å². The number of aliphatic hydroxyl groups is 1. The molecule has 2 fully saturated rings. The van der Waals surface area contributed by atoms with E-state index in [9.17, 15) is 20.0 Å². The largest absolute Gasteiger partial charge is 0.390 e. The van der Waals surface area contributed by atoms with Gasteiger partial charge in [0.25, 0.3) is 11.6 Å². The second-order valence-corrected chi connectivity index (χ2v) is 9.05. The van der Waals surface area contributed by atoms with E-state index in [0.717, 1.165) is 37.7 Å². The summed E-state index contributed by atoms with van der Waals surface area (Å²) in [7, 11) is 0. The van der Waals surface area contributed by atoms with Gasteiger partial charge in [0.15, 0.2) is 0 Å². The molecule has 8 nitrogen and oxygen atoms in total. The van der Waals surface area contributed by atoms with Gasteiger partial charge >= 0.3 is 0 Å². The van der Waals surface area contributed by atoms with Crippen LogP contribution < -0.4 is 0 Å². The van der Waals surface area contributed by atoms with E-state index < -0.39 is 11.0 Å². The van der Waals surface area contributed by atoms with Crippen molar-refractivity contribution in [1.29, 1.82) is 0 Å². The van der Waals surface area contributed by atoms with Gasteiger partial charge in [0, 0.05) is 62.5 Å². The number of β-amino-alcohol motifs (C(OH)–C–C–N with tert-alkyl or cyclic N) is 1. The lowest BCUT2D eigenvalue weighted by Gasteiger charge is -2.38. The molecule has 10 heteroatoms. The zero-order valence-electron chi connectivity index (χ0n) is 17.4. The van der Waals surface area contributed by atoms with Gasteiger partial charge in [-0.1, -0.05) is 35.3 Å². The Balaban J connectivity index is 1.34. The highest BCUT2D eigenvalue weighted by Gasteiger charge is 2.39. The number of benzene rings is 2.